The minimum Gasteiger partial charge on any atom is -0.489 e. The normalized spacial score (nSPS) is 18.7. The summed E-state index contributed by atoms with van der Waals surface area (Å²) in [6, 6.07) is 5.12. The first kappa shape index (κ1) is 28.2. The quantitative estimate of drug-likeness (QED) is 0.383. The number of carbonyl (C=O) groups excluding carboxylic acids is 2. The van der Waals surface area contributed by atoms with Gasteiger partial charge in [-0.2, -0.15) is 26.3 Å². The second kappa shape index (κ2) is 9.44. The molecular weight excluding hydrogens is 561 g/mol. The molecule has 1 aromatic carbocycles. The van der Waals surface area contributed by atoms with Gasteiger partial charge in [0.05, 0.1) is 18.4 Å². The van der Waals surface area contributed by atoms with Crippen molar-refractivity contribution in [3.63, 3.8) is 0 Å². The first-order valence-corrected chi connectivity index (χ1v) is 11.6. The Kier molecular flexibility index (Phi) is 6.83. The molecule has 0 unspecified atom stereocenters. The molecule has 0 spiro atoms. The van der Waals surface area contributed by atoms with Crippen LogP contribution in [-0.4, -0.2) is 46.2 Å². The third kappa shape index (κ3) is 5.01. The molecule has 4 N–H and O–H groups in total. The lowest BCUT2D eigenvalue weighted by Crippen LogP contribution is -2.51. The summed E-state index contributed by atoms with van der Waals surface area (Å²) >= 11 is -0.103. The summed E-state index contributed by atoms with van der Waals surface area (Å²) in [6.07, 6.45) is -9.84. The summed E-state index contributed by atoms with van der Waals surface area (Å²) in [5.41, 5.74) is -1.50. The molecular formula is C23H17F7N4O4S. The Labute approximate surface area is 218 Å². The Balaban J connectivity index is 1.80. The molecule has 1 aliphatic heterocycles. The molecule has 2 amide bonds. The molecule has 3 aromatic rings. The summed E-state index contributed by atoms with van der Waals surface area (Å²) in [7, 11) is 0. The number of primary amides is 1. The molecule has 8 nitrogen and oxygen atoms in total. The first-order chi connectivity index (χ1) is 18.0. The lowest BCUT2D eigenvalue weighted by molar-refractivity contribution is -0.265. The van der Waals surface area contributed by atoms with Gasteiger partial charge < -0.3 is 20.9 Å². The van der Waals surface area contributed by atoms with Crippen LogP contribution in [0.3, 0.4) is 0 Å². The van der Waals surface area contributed by atoms with Gasteiger partial charge in [-0.15, -0.1) is 11.3 Å². The summed E-state index contributed by atoms with van der Waals surface area (Å²) in [6.45, 7) is -0.641. The van der Waals surface area contributed by atoms with E-state index in [-0.39, 0.29) is 40.5 Å². The molecule has 0 saturated carbocycles. The number of fused-ring (bicyclic) bond motifs is 1. The average molecular weight is 578 g/mol. The Hall–Kier alpha value is -3.79. The summed E-state index contributed by atoms with van der Waals surface area (Å²) < 4.78 is 100. The zero-order valence-corrected chi connectivity index (χ0v) is 20.4. The van der Waals surface area contributed by atoms with E-state index in [0.717, 1.165) is 18.2 Å². The summed E-state index contributed by atoms with van der Waals surface area (Å²) in [5.74, 6) is -3.11. The van der Waals surface area contributed by atoms with E-state index in [2.05, 4.69) is 9.97 Å². The number of pyridine rings is 1. The van der Waals surface area contributed by atoms with E-state index in [1.165, 1.54) is 19.1 Å². The van der Waals surface area contributed by atoms with E-state index < -0.39 is 63.1 Å². The number of nitrogens with one attached hydrogen (secondary N) is 1. The summed E-state index contributed by atoms with van der Waals surface area (Å²) in [4.78, 5) is 30.9. The van der Waals surface area contributed by atoms with Crippen molar-refractivity contribution in [1.29, 1.82) is 0 Å². The number of hydrogen-bond acceptors (Lipinski definition) is 7. The van der Waals surface area contributed by atoms with Gasteiger partial charge in [0.25, 0.3) is 5.91 Å². The van der Waals surface area contributed by atoms with Gasteiger partial charge >= 0.3 is 12.4 Å². The van der Waals surface area contributed by atoms with Gasteiger partial charge in [0.2, 0.25) is 11.5 Å². The molecule has 3 heterocycles. The maximum absolute atomic E-state index is 14.3. The molecule has 16 heteroatoms. The molecule has 208 valence electrons. The van der Waals surface area contributed by atoms with Crippen molar-refractivity contribution >= 4 is 23.2 Å². The lowest BCUT2D eigenvalue weighted by Gasteiger charge is -2.31. The smallest absolute Gasteiger partial charge is 0.443 e. The van der Waals surface area contributed by atoms with E-state index in [0.29, 0.717) is 6.20 Å². The number of alkyl halides is 6. The van der Waals surface area contributed by atoms with Crippen molar-refractivity contribution < 1.29 is 50.2 Å². The molecule has 0 aliphatic carbocycles. The number of ether oxygens (including phenoxy) is 1. The number of aliphatic hydroxyl groups is 1. The highest BCUT2D eigenvalue weighted by molar-refractivity contribution is 7.13. The number of amides is 2. The summed E-state index contributed by atoms with van der Waals surface area (Å²) in [5, 5.41) is 11.3. The average Bonchev–Trinajstić information content (AvgIpc) is 3.48. The van der Waals surface area contributed by atoms with E-state index in [1.807, 2.05) is 0 Å². The number of halogens is 7. The number of benzene rings is 1. The Morgan fingerprint density at radius 3 is 2.36 bits per heavy atom. The third-order valence-corrected chi connectivity index (χ3v) is 7.14. The maximum Gasteiger partial charge on any atom is 0.443 e. The number of aromatic nitrogens is 2. The van der Waals surface area contributed by atoms with Crippen LogP contribution in [0.1, 0.15) is 32.9 Å². The third-order valence-electron chi connectivity index (χ3n) is 6.10. The van der Waals surface area contributed by atoms with Gasteiger partial charge in [-0.05, 0) is 37.3 Å². The van der Waals surface area contributed by atoms with Crippen LogP contribution < -0.4 is 15.8 Å². The fourth-order valence-electron chi connectivity index (χ4n) is 3.74. The molecule has 0 saturated heterocycles. The second-order valence-electron chi connectivity index (χ2n) is 8.79. The molecule has 2 aromatic heterocycles. The lowest BCUT2D eigenvalue weighted by atomic mass is 9.81. The molecule has 2 atom stereocenters. The van der Waals surface area contributed by atoms with Crippen molar-refractivity contribution in [1.82, 2.24) is 15.3 Å². The van der Waals surface area contributed by atoms with Crippen molar-refractivity contribution in [3.8, 4) is 17.0 Å². The van der Waals surface area contributed by atoms with Crippen molar-refractivity contribution in [2.75, 3.05) is 13.2 Å². The molecule has 4 rings (SSSR count). The highest BCUT2D eigenvalue weighted by Gasteiger charge is 2.57. The maximum atomic E-state index is 14.3. The first-order valence-electron chi connectivity index (χ1n) is 10.8. The van der Waals surface area contributed by atoms with Gasteiger partial charge in [-0.3, -0.25) is 9.59 Å². The van der Waals surface area contributed by atoms with Crippen LogP contribution in [0.5, 0.6) is 5.75 Å². The Morgan fingerprint density at radius 2 is 1.82 bits per heavy atom. The minimum atomic E-state index is -5.49. The number of hydrogen-bond donors (Lipinski definition) is 3. The number of thiazole rings is 1. The molecule has 0 fully saturated rings. The second-order valence-corrected chi connectivity index (χ2v) is 9.82. The van der Waals surface area contributed by atoms with E-state index >= 15 is 0 Å². The Morgan fingerprint density at radius 1 is 1.18 bits per heavy atom. The van der Waals surface area contributed by atoms with Gasteiger partial charge in [-0.25, -0.2) is 14.4 Å². The van der Waals surface area contributed by atoms with Crippen LogP contribution in [0.15, 0.2) is 36.5 Å². The molecule has 39 heavy (non-hydrogen) atoms. The van der Waals surface area contributed by atoms with Gasteiger partial charge in [-0.1, -0.05) is 0 Å². The monoisotopic (exact) mass is 578 g/mol. The SMILES string of the molecule is C[C@]1(C(N)=O)COc2c1cc([C@@](O)(CNC(=O)c1cnc(C(F)(F)F)s1)C(F)(F)F)nc2-c1ccc(F)cc1. The predicted octanol–water partition coefficient (Wildman–Crippen LogP) is 3.68. The van der Waals surface area contributed by atoms with Crippen LogP contribution in [-0.2, 0) is 22.0 Å². The van der Waals surface area contributed by atoms with Crippen LogP contribution >= 0.6 is 11.3 Å². The fraction of sp³-hybridized carbons (Fsp3) is 0.304. The standard InChI is InChI=1S/C23H17F7N4O4S/c1-20(18(31)36)9-38-16-12(20)6-14(34-15(16)10-2-4-11(24)5-3-10)21(37,23(28,29)30)8-33-17(35)13-7-32-19(39-13)22(25,26)27/h2-7,37H,8-9H2,1H3,(H2,31,36)(H,33,35)/t20-,21-/m0/s1. The zero-order chi connectivity index (χ0) is 29.0. The van der Waals surface area contributed by atoms with E-state index in [1.54, 1.807) is 5.32 Å². The zero-order valence-electron chi connectivity index (χ0n) is 19.6. The van der Waals surface area contributed by atoms with Gasteiger partial charge in [0.15, 0.2) is 5.01 Å². The van der Waals surface area contributed by atoms with E-state index in [4.69, 9.17) is 10.5 Å². The number of nitrogens with two attached hydrogens (primary N) is 1. The van der Waals surface area contributed by atoms with Crippen molar-refractivity contribution in [2.45, 2.75) is 30.3 Å². The van der Waals surface area contributed by atoms with Crippen LogP contribution in [0.25, 0.3) is 11.3 Å². The van der Waals surface area contributed by atoms with Crippen LogP contribution in [0.2, 0.25) is 0 Å². The van der Waals surface area contributed by atoms with Gasteiger partial charge in [0.1, 0.15) is 34.2 Å². The van der Waals surface area contributed by atoms with Gasteiger partial charge in [0, 0.05) is 11.1 Å². The number of nitrogens with zero attached hydrogens (tertiary/aromatic N) is 2. The highest BCUT2D eigenvalue weighted by atomic mass is 32.1. The van der Waals surface area contributed by atoms with Crippen LogP contribution in [0.4, 0.5) is 30.7 Å². The minimum absolute atomic E-state index is 0.0705. The largest absolute Gasteiger partial charge is 0.489 e. The number of rotatable bonds is 6. The predicted molar refractivity (Wildman–Crippen MR) is 121 cm³/mol. The highest BCUT2D eigenvalue weighted by Crippen LogP contribution is 2.47. The van der Waals surface area contributed by atoms with Crippen LogP contribution in [0, 0.1) is 5.82 Å². The Bertz CT molecular complexity index is 1440. The molecule has 0 radical (unpaired) electrons. The van der Waals surface area contributed by atoms with Crippen molar-refractivity contribution in [2.24, 2.45) is 5.73 Å². The fourth-order valence-corrected chi connectivity index (χ4v) is 4.44. The van der Waals surface area contributed by atoms with Crippen molar-refractivity contribution in [3.05, 3.63) is 63.5 Å². The number of carbonyl (C=O) groups is 2. The topological polar surface area (TPSA) is 127 Å². The molecule has 1 aliphatic rings. The molecule has 0 bridgehead atoms. The van der Waals surface area contributed by atoms with E-state index in [9.17, 15) is 45.4 Å².